The van der Waals surface area contributed by atoms with E-state index >= 15 is 0 Å². The number of aromatic nitrogens is 2. The molecule has 1 unspecified atom stereocenters. The van der Waals surface area contributed by atoms with Crippen molar-refractivity contribution in [3.8, 4) is 11.5 Å². The average molecular weight is 357 g/mol. The standard InChI is InChI=1S/C19H24N4O3/c1-13(22-11-10-14-4-2-3-5-16(14)12-22)18-20-21-19(26-18)15-6-8-17(9-7-15)23(24)25/h6-9,13-14,16H,2-5,10-12H2,1H3/p+1/t13-,14-,16+/m0/s1. The molecule has 0 bridgehead atoms. The maximum Gasteiger partial charge on any atom is 0.274 e. The van der Waals surface area contributed by atoms with Crippen molar-refractivity contribution in [1.82, 2.24) is 10.2 Å². The highest BCUT2D eigenvalue weighted by Gasteiger charge is 2.37. The second kappa shape index (κ2) is 7.15. The summed E-state index contributed by atoms with van der Waals surface area (Å²) in [6.45, 7) is 4.52. The third-order valence-electron chi connectivity index (χ3n) is 6.18. The molecule has 0 amide bonds. The van der Waals surface area contributed by atoms with Crippen molar-refractivity contribution in [2.24, 2.45) is 11.8 Å². The van der Waals surface area contributed by atoms with Gasteiger partial charge in [0.15, 0.2) is 6.04 Å². The van der Waals surface area contributed by atoms with Gasteiger partial charge in [-0.3, -0.25) is 10.1 Å². The van der Waals surface area contributed by atoms with E-state index in [2.05, 4.69) is 17.1 Å². The predicted octanol–water partition coefficient (Wildman–Crippen LogP) is 2.80. The largest absolute Gasteiger partial charge is 0.415 e. The number of benzene rings is 1. The Morgan fingerprint density at radius 1 is 1.15 bits per heavy atom. The van der Waals surface area contributed by atoms with Gasteiger partial charge in [-0.15, -0.1) is 10.2 Å². The predicted molar refractivity (Wildman–Crippen MR) is 95.6 cm³/mol. The molecule has 26 heavy (non-hydrogen) atoms. The van der Waals surface area contributed by atoms with Gasteiger partial charge in [-0.25, -0.2) is 0 Å². The van der Waals surface area contributed by atoms with Gasteiger partial charge in [-0.2, -0.15) is 0 Å². The van der Waals surface area contributed by atoms with E-state index in [1.165, 1.54) is 55.7 Å². The number of likely N-dealkylation sites (tertiary alicyclic amines) is 1. The van der Waals surface area contributed by atoms with E-state index in [0.29, 0.717) is 17.3 Å². The topological polar surface area (TPSA) is 86.5 Å². The molecule has 7 nitrogen and oxygen atoms in total. The Labute approximate surface area is 152 Å². The summed E-state index contributed by atoms with van der Waals surface area (Å²) in [7, 11) is 0. The van der Waals surface area contributed by atoms with E-state index in [4.69, 9.17) is 4.42 Å². The van der Waals surface area contributed by atoms with Crippen molar-refractivity contribution in [3.63, 3.8) is 0 Å². The summed E-state index contributed by atoms with van der Waals surface area (Å²) >= 11 is 0. The first kappa shape index (κ1) is 17.1. The molecule has 1 aromatic heterocycles. The number of hydrogen-bond acceptors (Lipinski definition) is 5. The lowest BCUT2D eigenvalue weighted by Crippen LogP contribution is -3.14. The molecule has 0 radical (unpaired) electrons. The Morgan fingerprint density at radius 3 is 2.62 bits per heavy atom. The minimum Gasteiger partial charge on any atom is -0.415 e. The first-order valence-electron chi connectivity index (χ1n) is 9.54. The maximum atomic E-state index is 10.8. The number of non-ortho nitro benzene ring substituents is 1. The number of hydrogen-bond donors (Lipinski definition) is 1. The Hall–Kier alpha value is -2.28. The normalized spacial score (nSPS) is 26.9. The molecule has 2 heterocycles. The van der Waals surface area contributed by atoms with E-state index in [-0.39, 0.29) is 11.7 Å². The number of piperidine rings is 1. The molecule has 7 heteroatoms. The molecular weight excluding hydrogens is 332 g/mol. The SMILES string of the molecule is C[C@@H](c1nnc(-c2ccc([N+](=O)[O-])cc2)o1)[NH+]1CC[C@@H]2CCCC[C@@H]2C1. The summed E-state index contributed by atoms with van der Waals surface area (Å²) in [5.41, 5.74) is 0.768. The lowest BCUT2D eigenvalue weighted by atomic mass is 9.75. The van der Waals surface area contributed by atoms with E-state index in [1.54, 1.807) is 12.1 Å². The van der Waals surface area contributed by atoms with Crippen LogP contribution in [0, 0.1) is 22.0 Å². The van der Waals surface area contributed by atoms with Gasteiger partial charge >= 0.3 is 0 Å². The number of nitro benzene ring substituents is 1. The third-order valence-corrected chi connectivity index (χ3v) is 6.18. The molecule has 1 saturated heterocycles. The fourth-order valence-electron chi connectivity index (χ4n) is 4.56. The number of nitro groups is 1. The summed E-state index contributed by atoms with van der Waals surface area (Å²) in [5, 5.41) is 19.2. The number of rotatable bonds is 4. The highest BCUT2D eigenvalue weighted by molar-refractivity contribution is 5.55. The van der Waals surface area contributed by atoms with Gasteiger partial charge in [0.2, 0.25) is 5.89 Å². The third kappa shape index (κ3) is 3.35. The van der Waals surface area contributed by atoms with Gasteiger partial charge in [-0.05, 0) is 44.2 Å². The van der Waals surface area contributed by atoms with Crippen LogP contribution in [0.5, 0.6) is 0 Å². The zero-order valence-electron chi connectivity index (χ0n) is 15.1. The second-order valence-electron chi connectivity index (χ2n) is 7.68. The molecule has 2 fully saturated rings. The van der Waals surface area contributed by atoms with Crippen LogP contribution in [0.25, 0.3) is 11.5 Å². The lowest BCUT2D eigenvalue weighted by Gasteiger charge is -2.40. The number of nitrogens with one attached hydrogen (secondary N) is 1. The number of nitrogens with zero attached hydrogens (tertiary/aromatic N) is 3. The van der Waals surface area contributed by atoms with Crippen LogP contribution in [0.3, 0.4) is 0 Å². The number of quaternary nitrogens is 1. The van der Waals surface area contributed by atoms with Crippen LogP contribution in [0.15, 0.2) is 28.7 Å². The van der Waals surface area contributed by atoms with Crippen LogP contribution in [-0.2, 0) is 0 Å². The molecule has 2 aliphatic rings. The molecule has 4 atom stereocenters. The summed E-state index contributed by atoms with van der Waals surface area (Å²) in [4.78, 5) is 11.9. The Morgan fingerprint density at radius 2 is 1.88 bits per heavy atom. The van der Waals surface area contributed by atoms with Crippen molar-refractivity contribution in [2.45, 2.75) is 45.1 Å². The lowest BCUT2D eigenvalue weighted by molar-refractivity contribution is -0.940. The van der Waals surface area contributed by atoms with Crippen LogP contribution in [0.4, 0.5) is 5.69 Å². The molecule has 1 aromatic carbocycles. The van der Waals surface area contributed by atoms with Crippen LogP contribution in [-0.4, -0.2) is 28.2 Å². The minimum absolute atomic E-state index is 0.0571. The molecule has 1 aliphatic heterocycles. The zero-order valence-corrected chi connectivity index (χ0v) is 15.1. The van der Waals surface area contributed by atoms with Gasteiger partial charge in [0.05, 0.1) is 18.0 Å². The van der Waals surface area contributed by atoms with Gasteiger partial charge in [0, 0.05) is 23.6 Å². The zero-order chi connectivity index (χ0) is 18.1. The Kier molecular flexibility index (Phi) is 4.72. The van der Waals surface area contributed by atoms with Crippen molar-refractivity contribution in [2.75, 3.05) is 13.1 Å². The van der Waals surface area contributed by atoms with Gasteiger partial charge < -0.3 is 9.32 Å². The summed E-state index contributed by atoms with van der Waals surface area (Å²) in [6.07, 6.45) is 6.83. The van der Waals surface area contributed by atoms with Gasteiger partial charge in [-0.1, -0.05) is 12.8 Å². The Bertz CT molecular complexity index is 773. The van der Waals surface area contributed by atoms with Crippen molar-refractivity contribution >= 4 is 5.69 Å². The summed E-state index contributed by atoms with van der Waals surface area (Å²) < 4.78 is 5.91. The molecular formula is C19H25N4O3+. The minimum atomic E-state index is -0.413. The highest BCUT2D eigenvalue weighted by Crippen LogP contribution is 2.33. The molecule has 4 rings (SSSR count). The van der Waals surface area contributed by atoms with Crippen molar-refractivity contribution in [1.29, 1.82) is 0 Å². The van der Waals surface area contributed by atoms with E-state index < -0.39 is 4.92 Å². The first-order chi connectivity index (χ1) is 12.6. The molecule has 1 aliphatic carbocycles. The van der Waals surface area contributed by atoms with Crippen LogP contribution in [0.2, 0.25) is 0 Å². The fraction of sp³-hybridized carbons (Fsp3) is 0.579. The number of fused-ring (bicyclic) bond motifs is 1. The van der Waals surface area contributed by atoms with Gasteiger partial charge in [0.25, 0.3) is 11.6 Å². The van der Waals surface area contributed by atoms with Crippen LogP contribution in [0.1, 0.15) is 51.0 Å². The molecule has 0 spiro atoms. The van der Waals surface area contributed by atoms with Crippen LogP contribution >= 0.6 is 0 Å². The maximum absolute atomic E-state index is 10.8. The fourth-order valence-corrected chi connectivity index (χ4v) is 4.56. The van der Waals surface area contributed by atoms with Crippen LogP contribution < -0.4 is 4.90 Å². The van der Waals surface area contributed by atoms with Crippen molar-refractivity contribution in [3.05, 3.63) is 40.3 Å². The smallest absolute Gasteiger partial charge is 0.274 e. The molecule has 138 valence electrons. The van der Waals surface area contributed by atoms with E-state index in [9.17, 15) is 10.1 Å². The van der Waals surface area contributed by atoms with Crippen molar-refractivity contribution < 1.29 is 14.2 Å². The molecule has 1 N–H and O–H groups in total. The van der Waals surface area contributed by atoms with E-state index in [0.717, 1.165) is 18.4 Å². The monoisotopic (exact) mass is 357 g/mol. The van der Waals surface area contributed by atoms with Gasteiger partial charge in [0.1, 0.15) is 0 Å². The molecule has 2 aromatic rings. The quantitative estimate of drug-likeness (QED) is 0.672. The highest BCUT2D eigenvalue weighted by atomic mass is 16.6. The average Bonchev–Trinajstić information content (AvgIpc) is 3.17. The Balaban J connectivity index is 1.46. The first-order valence-corrected chi connectivity index (χ1v) is 9.54. The summed E-state index contributed by atoms with van der Waals surface area (Å²) in [6, 6.07) is 6.40. The van der Waals surface area contributed by atoms with E-state index in [1.807, 2.05) is 0 Å². The summed E-state index contributed by atoms with van der Waals surface area (Å²) in [5.74, 6) is 2.83. The molecule has 1 saturated carbocycles. The second-order valence-corrected chi connectivity index (χ2v) is 7.68.